The Bertz CT molecular complexity index is 277. The first kappa shape index (κ1) is 10.8. The Labute approximate surface area is 85.2 Å². The summed E-state index contributed by atoms with van der Waals surface area (Å²) in [6, 6.07) is 0. The highest BCUT2D eigenvalue weighted by Crippen LogP contribution is 2.09. The zero-order chi connectivity index (χ0) is 9.90. The summed E-state index contributed by atoms with van der Waals surface area (Å²) in [4.78, 5) is 4.09. The van der Waals surface area contributed by atoms with E-state index in [2.05, 4.69) is 9.71 Å². The molecule has 0 saturated heterocycles. The smallest absolute Gasteiger partial charge is 0.0973 e. The molecule has 3 nitrogen and oxygen atoms in total. The van der Waals surface area contributed by atoms with Gasteiger partial charge in [-0.15, -0.1) is 11.3 Å². The van der Waals surface area contributed by atoms with Crippen LogP contribution in [0.1, 0.15) is 26.5 Å². The topological polar surface area (TPSA) is 42.0 Å². The van der Waals surface area contributed by atoms with Gasteiger partial charge in [0.1, 0.15) is 0 Å². The standard InChI is InChI=1S/C8H14N2OS2/c1-8(2,3)13(11)10-4-7-5-12-6-9-7/h5-6,10H,4H2,1-3H3. The van der Waals surface area contributed by atoms with E-state index < -0.39 is 11.0 Å². The molecule has 0 amide bonds. The Hall–Kier alpha value is -0.260. The van der Waals surface area contributed by atoms with Crippen LogP contribution in [0.5, 0.6) is 0 Å². The van der Waals surface area contributed by atoms with Gasteiger partial charge in [-0.05, 0) is 20.8 Å². The Morgan fingerprint density at radius 2 is 2.31 bits per heavy atom. The normalized spacial score (nSPS) is 14.4. The van der Waals surface area contributed by atoms with Crippen molar-refractivity contribution in [2.24, 2.45) is 0 Å². The second-order valence-electron chi connectivity index (χ2n) is 3.68. The molecule has 1 heterocycles. The van der Waals surface area contributed by atoms with Gasteiger partial charge in [0, 0.05) is 5.38 Å². The average molecular weight is 218 g/mol. The van der Waals surface area contributed by atoms with Gasteiger partial charge in [0.05, 0.1) is 33.5 Å². The number of rotatable bonds is 3. The summed E-state index contributed by atoms with van der Waals surface area (Å²) in [5.41, 5.74) is 2.72. The molecule has 5 heteroatoms. The number of aromatic nitrogens is 1. The number of nitrogens with zero attached hydrogens (tertiary/aromatic N) is 1. The van der Waals surface area contributed by atoms with E-state index in [1.54, 1.807) is 16.8 Å². The molecule has 74 valence electrons. The summed E-state index contributed by atoms with van der Waals surface area (Å²) in [5.74, 6) is 0. The van der Waals surface area contributed by atoms with Crippen LogP contribution in [-0.4, -0.2) is 13.9 Å². The minimum absolute atomic E-state index is 0.212. The minimum atomic E-state index is -1.01. The Morgan fingerprint density at radius 1 is 1.62 bits per heavy atom. The molecule has 0 spiro atoms. The second-order valence-corrected chi connectivity index (χ2v) is 6.45. The molecule has 1 atom stereocenters. The molecule has 13 heavy (non-hydrogen) atoms. The maximum absolute atomic E-state index is 11.5. The molecule has 1 unspecified atom stereocenters. The fourth-order valence-electron chi connectivity index (χ4n) is 0.681. The van der Waals surface area contributed by atoms with Crippen molar-refractivity contribution < 1.29 is 4.21 Å². The predicted octanol–water partition coefficient (Wildman–Crippen LogP) is 1.69. The van der Waals surface area contributed by atoms with E-state index in [1.807, 2.05) is 26.2 Å². The number of hydrogen-bond acceptors (Lipinski definition) is 3. The molecule has 0 aliphatic heterocycles. The lowest BCUT2D eigenvalue weighted by atomic mass is 10.3. The molecule has 1 N–H and O–H groups in total. The number of thiazole rings is 1. The Balaban J connectivity index is 2.40. The SMILES string of the molecule is CC(C)(C)S(=O)NCc1cscn1. The molecule has 0 bridgehead atoms. The second kappa shape index (κ2) is 4.30. The van der Waals surface area contributed by atoms with Crippen LogP contribution in [0, 0.1) is 0 Å². The highest BCUT2D eigenvalue weighted by atomic mass is 32.2. The maximum Gasteiger partial charge on any atom is 0.0973 e. The predicted molar refractivity (Wildman–Crippen MR) is 56.8 cm³/mol. The third-order valence-corrected chi connectivity index (χ3v) is 3.58. The number of nitrogens with one attached hydrogen (secondary N) is 1. The van der Waals surface area contributed by atoms with Crippen molar-refractivity contribution in [1.29, 1.82) is 0 Å². The molecule has 1 rings (SSSR count). The van der Waals surface area contributed by atoms with Gasteiger partial charge in [-0.25, -0.2) is 13.9 Å². The summed E-state index contributed by atoms with van der Waals surface area (Å²) in [6.45, 7) is 6.40. The molecule has 0 fully saturated rings. The summed E-state index contributed by atoms with van der Waals surface area (Å²) in [5, 5.41) is 1.95. The molecule has 1 aromatic rings. The molecule has 0 aromatic carbocycles. The average Bonchev–Trinajstić information content (AvgIpc) is 2.50. The van der Waals surface area contributed by atoms with Gasteiger partial charge >= 0.3 is 0 Å². The van der Waals surface area contributed by atoms with Crippen LogP contribution in [-0.2, 0) is 17.5 Å². The molecule has 1 aromatic heterocycles. The van der Waals surface area contributed by atoms with Crippen molar-refractivity contribution in [2.45, 2.75) is 32.1 Å². The molecule has 0 aliphatic rings. The van der Waals surface area contributed by atoms with Gasteiger partial charge in [-0.1, -0.05) is 0 Å². The maximum atomic E-state index is 11.5. The van der Waals surface area contributed by atoms with Crippen molar-refractivity contribution in [3.63, 3.8) is 0 Å². The fourth-order valence-corrected chi connectivity index (χ4v) is 1.95. The van der Waals surface area contributed by atoms with Gasteiger partial charge < -0.3 is 0 Å². The van der Waals surface area contributed by atoms with Crippen molar-refractivity contribution in [3.05, 3.63) is 16.6 Å². The molecule has 0 radical (unpaired) electrons. The van der Waals surface area contributed by atoms with Crippen LogP contribution in [0.2, 0.25) is 0 Å². The fraction of sp³-hybridized carbons (Fsp3) is 0.625. The number of hydrogen-bond donors (Lipinski definition) is 1. The minimum Gasteiger partial charge on any atom is -0.248 e. The Kier molecular flexibility index (Phi) is 3.58. The molecule has 0 saturated carbocycles. The highest BCUT2D eigenvalue weighted by Gasteiger charge is 2.18. The lowest BCUT2D eigenvalue weighted by molar-refractivity contribution is 0.634. The van der Waals surface area contributed by atoms with E-state index >= 15 is 0 Å². The van der Waals surface area contributed by atoms with Crippen LogP contribution in [0.25, 0.3) is 0 Å². The van der Waals surface area contributed by atoms with E-state index in [9.17, 15) is 4.21 Å². The monoisotopic (exact) mass is 218 g/mol. The van der Waals surface area contributed by atoms with Gasteiger partial charge in [0.25, 0.3) is 0 Å². The highest BCUT2D eigenvalue weighted by molar-refractivity contribution is 7.84. The van der Waals surface area contributed by atoms with Gasteiger partial charge in [-0.2, -0.15) is 0 Å². The largest absolute Gasteiger partial charge is 0.248 e. The first-order chi connectivity index (χ1) is 6.00. The summed E-state index contributed by atoms with van der Waals surface area (Å²) >= 11 is 1.55. The van der Waals surface area contributed by atoms with Crippen LogP contribution >= 0.6 is 11.3 Å². The van der Waals surface area contributed by atoms with Crippen LogP contribution < -0.4 is 4.72 Å². The van der Waals surface area contributed by atoms with Crippen molar-refractivity contribution >= 4 is 22.3 Å². The third kappa shape index (κ3) is 3.54. The summed E-state index contributed by atoms with van der Waals surface area (Å²) in [7, 11) is -1.01. The zero-order valence-electron chi connectivity index (χ0n) is 8.03. The first-order valence-electron chi connectivity index (χ1n) is 4.02. The van der Waals surface area contributed by atoms with E-state index in [0.717, 1.165) is 5.69 Å². The van der Waals surface area contributed by atoms with E-state index in [0.29, 0.717) is 6.54 Å². The van der Waals surface area contributed by atoms with Crippen LogP contribution in [0.3, 0.4) is 0 Å². The quantitative estimate of drug-likeness (QED) is 0.839. The van der Waals surface area contributed by atoms with Gasteiger partial charge in [0.15, 0.2) is 0 Å². The first-order valence-corrected chi connectivity index (χ1v) is 6.12. The lowest BCUT2D eigenvalue weighted by Crippen LogP contribution is -2.32. The third-order valence-electron chi connectivity index (χ3n) is 1.42. The van der Waals surface area contributed by atoms with Gasteiger partial charge in [-0.3, -0.25) is 0 Å². The summed E-state index contributed by atoms with van der Waals surface area (Å²) in [6.07, 6.45) is 0. The summed E-state index contributed by atoms with van der Waals surface area (Å²) < 4.78 is 14.3. The van der Waals surface area contributed by atoms with Crippen LogP contribution in [0.4, 0.5) is 0 Å². The van der Waals surface area contributed by atoms with Crippen molar-refractivity contribution in [2.75, 3.05) is 0 Å². The van der Waals surface area contributed by atoms with Crippen LogP contribution in [0.15, 0.2) is 10.9 Å². The molecule has 0 aliphatic carbocycles. The Morgan fingerprint density at radius 3 is 2.77 bits per heavy atom. The van der Waals surface area contributed by atoms with Gasteiger partial charge in [0.2, 0.25) is 0 Å². The zero-order valence-corrected chi connectivity index (χ0v) is 9.67. The van der Waals surface area contributed by atoms with Crippen molar-refractivity contribution in [3.8, 4) is 0 Å². The van der Waals surface area contributed by atoms with E-state index in [1.165, 1.54) is 0 Å². The lowest BCUT2D eigenvalue weighted by Gasteiger charge is -2.17. The molecular weight excluding hydrogens is 204 g/mol. The van der Waals surface area contributed by atoms with E-state index in [4.69, 9.17) is 0 Å². The molecular formula is C8H14N2OS2. The van der Waals surface area contributed by atoms with Crippen molar-refractivity contribution in [1.82, 2.24) is 9.71 Å². The van der Waals surface area contributed by atoms with E-state index in [-0.39, 0.29) is 4.75 Å².